The molecule has 1 aliphatic rings. The molecule has 0 spiro atoms. The molecule has 0 aromatic heterocycles. The number of nitrogens with one attached hydrogen (secondary N) is 1. The lowest BCUT2D eigenvalue weighted by atomic mass is 10.2. The van der Waals surface area contributed by atoms with E-state index in [1.165, 1.54) is 30.5 Å². The van der Waals surface area contributed by atoms with Gasteiger partial charge in [0, 0.05) is 23.9 Å². The average molecular weight is 339 g/mol. The maximum atomic E-state index is 11.8. The summed E-state index contributed by atoms with van der Waals surface area (Å²) in [5.41, 5.74) is 3.44. The topological polar surface area (TPSA) is 103 Å². The third-order valence-electron chi connectivity index (χ3n) is 3.35. The Morgan fingerprint density at radius 3 is 2.68 bits per heavy atom. The first-order valence-corrected chi connectivity index (χ1v) is 7.28. The van der Waals surface area contributed by atoms with Crippen LogP contribution in [0.5, 0.6) is 11.5 Å². The van der Waals surface area contributed by atoms with Crippen LogP contribution in [0.2, 0.25) is 0 Å². The summed E-state index contributed by atoms with van der Waals surface area (Å²) in [6.07, 6.45) is 4.88. The molecular formula is C17H13N3O5. The van der Waals surface area contributed by atoms with E-state index in [4.69, 9.17) is 9.47 Å². The largest absolute Gasteiger partial charge is 0.454 e. The van der Waals surface area contributed by atoms with Crippen molar-refractivity contribution in [2.24, 2.45) is 5.10 Å². The first-order valence-electron chi connectivity index (χ1n) is 7.28. The number of hydrogen-bond acceptors (Lipinski definition) is 6. The van der Waals surface area contributed by atoms with Crippen LogP contribution in [0, 0.1) is 10.1 Å². The number of nitrogens with zero attached hydrogens (tertiary/aromatic N) is 2. The number of allylic oxidation sites excluding steroid dienone is 1. The molecule has 8 heteroatoms. The van der Waals surface area contributed by atoms with Gasteiger partial charge in [-0.25, -0.2) is 5.43 Å². The van der Waals surface area contributed by atoms with Crippen LogP contribution in [0.4, 0.5) is 5.69 Å². The number of amides is 1. The van der Waals surface area contributed by atoms with Crippen molar-refractivity contribution in [2.75, 3.05) is 6.79 Å². The zero-order valence-electron chi connectivity index (χ0n) is 12.9. The van der Waals surface area contributed by atoms with Crippen LogP contribution in [-0.2, 0) is 0 Å². The Hall–Kier alpha value is -3.68. The number of carbonyl (C=O) groups is 1. The average Bonchev–Trinajstić information content (AvgIpc) is 3.09. The van der Waals surface area contributed by atoms with Crippen molar-refractivity contribution < 1.29 is 19.2 Å². The van der Waals surface area contributed by atoms with Crippen LogP contribution in [-0.4, -0.2) is 23.8 Å². The minimum Gasteiger partial charge on any atom is -0.454 e. The van der Waals surface area contributed by atoms with Gasteiger partial charge in [0.1, 0.15) is 0 Å². The fourth-order valence-electron chi connectivity index (χ4n) is 2.11. The number of non-ortho nitro benzene ring substituents is 1. The molecule has 2 aromatic rings. The minimum absolute atomic E-state index is 0.0771. The van der Waals surface area contributed by atoms with E-state index in [1.807, 2.05) is 18.2 Å². The van der Waals surface area contributed by atoms with Gasteiger partial charge in [-0.2, -0.15) is 5.10 Å². The van der Waals surface area contributed by atoms with Gasteiger partial charge in [0.05, 0.1) is 4.92 Å². The van der Waals surface area contributed by atoms with Crippen LogP contribution in [0.1, 0.15) is 15.9 Å². The van der Waals surface area contributed by atoms with Gasteiger partial charge in [0.15, 0.2) is 11.5 Å². The highest BCUT2D eigenvalue weighted by Crippen LogP contribution is 2.32. The number of ether oxygens (including phenoxy) is 2. The van der Waals surface area contributed by atoms with E-state index in [2.05, 4.69) is 10.5 Å². The molecular weight excluding hydrogens is 326 g/mol. The predicted molar refractivity (Wildman–Crippen MR) is 90.7 cm³/mol. The van der Waals surface area contributed by atoms with E-state index < -0.39 is 10.8 Å². The molecule has 25 heavy (non-hydrogen) atoms. The smallest absolute Gasteiger partial charge is 0.271 e. The third kappa shape index (κ3) is 3.99. The number of nitro groups is 1. The zero-order valence-corrected chi connectivity index (χ0v) is 12.9. The second-order valence-electron chi connectivity index (χ2n) is 4.99. The maximum absolute atomic E-state index is 11.8. The minimum atomic E-state index is -0.527. The number of hydrazone groups is 1. The Balaban J connectivity index is 1.54. The van der Waals surface area contributed by atoms with Crippen LogP contribution < -0.4 is 14.9 Å². The second kappa shape index (κ2) is 7.26. The molecule has 3 rings (SSSR count). The molecule has 1 amide bonds. The number of hydrogen-bond donors (Lipinski definition) is 1. The fraction of sp³-hybridized carbons (Fsp3) is 0.0588. The number of carbonyl (C=O) groups excluding carboxylic acids is 1. The van der Waals surface area contributed by atoms with Crippen molar-refractivity contribution in [1.82, 2.24) is 5.43 Å². The Labute approximate surface area is 142 Å². The van der Waals surface area contributed by atoms with Gasteiger partial charge in [-0.15, -0.1) is 0 Å². The molecule has 1 aliphatic heterocycles. The van der Waals surface area contributed by atoms with Gasteiger partial charge in [-0.3, -0.25) is 14.9 Å². The molecule has 0 atom stereocenters. The van der Waals surface area contributed by atoms with Gasteiger partial charge in [0.2, 0.25) is 6.79 Å². The quantitative estimate of drug-likeness (QED) is 0.512. The van der Waals surface area contributed by atoms with E-state index in [1.54, 1.807) is 12.2 Å². The molecule has 0 aliphatic carbocycles. The van der Waals surface area contributed by atoms with Crippen LogP contribution in [0.15, 0.2) is 53.6 Å². The molecule has 2 aromatic carbocycles. The summed E-state index contributed by atoms with van der Waals surface area (Å²) < 4.78 is 10.5. The summed E-state index contributed by atoms with van der Waals surface area (Å²) in [5.74, 6) is 0.939. The Kier molecular flexibility index (Phi) is 4.70. The number of benzene rings is 2. The molecule has 1 heterocycles. The number of fused-ring (bicyclic) bond motifs is 1. The summed E-state index contributed by atoms with van der Waals surface area (Å²) in [4.78, 5) is 21.9. The summed E-state index contributed by atoms with van der Waals surface area (Å²) in [7, 11) is 0. The van der Waals surface area contributed by atoms with Gasteiger partial charge in [-0.1, -0.05) is 12.1 Å². The van der Waals surface area contributed by atoms with Crippen molar-refractivity contribution in [3.8, 4) is 11.5 Å². The van der Waals surface area contributed by atoms with Gasteiger partial charge in [0.25, 0.3) is 11.6 Å². The second-order valence-corrected chi connectivity index (χ2v) is 4.99. The molecule has 0 unspecified atom stereocenters. The summed E-state index contributed by atoms with van der Waals surface area (Å²) in [6, 6.07) is 10.8. The third-order valence-corrected chi connectivity index (χ3v) is 3.35. The lowest BCUT2D eigenvalue weighted by Gasteiger charge is -1.99. The molecule has 1 N–H and O–H groups in total. The highest BCUT2D eigenvalue weighted by molar-refractivity contribution is 5.94. The normalized spacial score (nSPS) is 12.6. The van der Waals surface area contributed by atoms with Gasteiger partial charge < -0.3 is 9.47 Å². The molecule has 0 bridgehead atoms. The lowest BCUT2D eigenvalue weighted by molar-refractivity contribution is -0.384. The lowest BCUT2D eigenvalue weighted by Crippen LogP contribution is -2.17. The standard InChI is InChI=1S/C17H13N3O5/c21-17(13-4-6-14(7-5-13)20(22)23)19-18-9-1-2-12-3-8-15-16(10-12)25-11-24-15/h1-10H,11H2,(H,19,21)/b2-1+,18-9-. The first-order chi connectivity index (χ1) is 12.1. The number of rotatable bonds is 5. The molecule has 8 nitrogen and oxygen atoms in total. The van der Waals surface area contributed by atoms with Crippen molar-refractivity contribution in [1.29, 1.82) is 0 Å². The molecule has 0 radical (unpaired) electrons. The van der Waals surface area contributed by atoms with Crippen LogP contribution >= 0.6 is 0 Å². The van der Waals surface area contributed by atoms with E-state index in [9.17, 15) is 14.9 Å². The Morgan fingerprint density at radius 1 is 1.16 bits per heavy atom. The van der Waals surface area contributed by atoms with Crippen molar-refractivity contribution in [2.45, 2.75) is 0 Å². The van der Waals surface area contributed by atoms with E-state index >= 15 is 0 Å². The summed E-state index contributed by atoms with van der Waals surface area (Å²) in [6.45, 7) is 0.221. The fourth-order valence-corrected chi connectivity index (χ4v) is 2.11. The van der Waals surface area contributed by atoms with Crippen molar-refractivity contribution in [3.05, 3.63) is 69.8 Å². The van der Waals surface area contributed by atoms with E-state index in [-0.39, 0.29) is 18.0 Å². The van der Waals surface area contributed by atoms with Crippen LogP contribution in [0.25, 0.3) is 6.08 Å². The van der Waals surface area contributed by atoms with E-state index in [0.29, 0.717) is 11.5 Å². The molecule has 0 fully saturated rings. The SMILES string of the molecule is O=C(N/N=C\C=C\c1ccc2c(c1)OCO2)c1ccc([N+](=O)[O-])cc1. The predicted octanol–water partition coefficient (Wildman–Crippen LogP) is 2.75. The van der Waals surface area contributed by atoms with E-state index in [0.717, 1.165) is 5.56 Å². The molecule has 0 saturated carbocycles. The number of nitro benzene ring substituents is 1. The monoisotopic (exact) mass is 339 g/mol. The van der Waals surface area contributed by atoms with Gasteiger partial charge >= 0.3 is 0 Å². The van der Waals surface area contributed by atoms with Gasteiger partial charge in [-0.05, 0) is 35.9 Å². The van der Waals surface area contributed by atoms with Crippen molar-refractivity contribution >= 4 is 23.9 Å². The Morgan fingerprint density at radius 2 is 1.92 bits per heavy atom. The zero-order chi connectivity index (χ0) is 17.6. The van der Waals surface area contributed by atoms with Crippen LogP contribution in [0.3, 0.4) is 0 Å². The highest BCUT2D eigenvalue weighted by atomic mass is 16.7. The first kappa shape index (κ1) is 16.2. The summed E-state index contributed by atoms with van der Waals surface area (Å²) in [5, 5.41) is 14.4. The molecule has 0 saturated heterocycles. The molecule has 126 valence electrons. The van der Waals surface area contributed by atoms with Crippen molar-refractivity contribution in [3.63, 3.8) is 0 Å². The summed E-state index contributed by atoms with van der Waals surface area (Å²) >= 11 is 0. The Bertz CT molecular complexity index is 859. The maximum Gasteiger partial charge on any atom is 0.271 e. The highest BCUT2D eigenvalue weighted by Gasteiger charge is 2.12.